The predicted octanol–water partition coefficient (Wildman–Crippen LogP) is 1.83. The van der Waals surface area contributed by atoms with E-state index in [9.17, 15) is 9.90 Å². The third-order valence-electron chi connectivity index (χ3n) is 4.16. The second-order valence-electron chi connectivity index (χ2n) is 5.91. The first kappa shape index (κ1) is 14.8. The number of aliphatic hydroxyl groups excluding tert-OH is 1. The van der Waals surface area contributed by atoms with Crippen molar-refractivity contribution in [2.45, 2.75) is 25.4 Å². The van der Waals surface area contributed by atoms with Crippen LogP contribution in [0.1, 0.15) is 28.8 Å². The number of benzene rings is 1. The van der Waals surface area contributed by atoms with Crippen molar-refractivity contribution in [2.75, 3.05) is 6.61 Å². The van der Waals surface area contributed by atoms with Gasteiger partial charge in [0.2, 0.25) is 0 Å². The lowest BCUT2D eigenvalue weighted by Crippen LogP contribution is -2.43. The number of aromatic nitrogens is 2. The van der Waals surface area contributed by atoms with E-state index in [1.807, 2.05) is 30.3 Å². The number of carbonyl (C=O) groups is 1. The highest BCUT2D eigenvalue weighted by Crippen LogP contribution is 2.36. The minimum absolute atomic E-state index is 0.00347. The summed E-state index contributed by atoms with van der Waals surface area (Å²) in [4.78, 5) is 14.7. The summed E-state index contributed by atoms with van der Waals surface area (Å²) < 4.78 is 1.62. The molecule has 0 radical (unpaired) electrons. The fourth-order valence-corrected chi connectivity index (χ4v) is 2.80. The van der Waals surface area contributed by atoms with Crippen molar-refractivity contribution in [1.29, 1.82) is 0 Å². The Morgan fingerprint density at radius 3 is 2.68 bits per heavy atom. The molecule has 3 rings (SSSR count). The number of aryl methyl sites for hydroxylation is 1. The van der Waals surface area contributed by atoms with Crippen LogP contribution in [0.5, 0.6) is 0 Å². The molecule has 116 valence electrons. The Morgan fingerprint density at radius 1 is 1.41 bits per heavy atom. The maximum absolute atomic E-state index is 12.9. The van der Waals surface area contributed by atoms with E-state index in [-0.39, 0.29) is 18.6 Å². The molecule has 1 aromatic heterocycles. The van der Waals surface area contributed by atoms with Crippen molar-refractivity contribution in [3.05, 3.63) is 53.9 Å². The maximum atomic E-state index is 12.9. The van der Waals surface area contributed by atoms with Crippen LogP contribution in [-0.4, -0.2) is 38.3 Å². The van der Waals surface area contributed by atoms with Crippen LogP contribution in [0.15, 0.2) is 42.7 Å². The normalized spacial score (nSPS) is 15.5. The molecule has 1 N–H and O–H groups in total. The molecular formula is C17H21N3O2. The Kier molecular flexibility index (Phi) is 4.24. The van der Waals surface area contributed by atoms with E-state index in [0.29, 0.717) is 18.0 Å². The number of hydrogen-bond acceptors (Lipinski definition) is 3. The number of rotatable bonds is 6. The van der Waals surface area contributed by atoms with Crippen LogP contribution < -0.4 is 0 Å². The Labute approximate surface area is 130 Å². The second-order valence-corrected chi connectivity index (χ2v) is 5.91. The van der Waals surface area contributed by atoms with Crippen LogP contribution in [0.3, 0.4) is 0 Å². The van der Waals surface area contributed by atoms with Gasteiger partial charge in [-0.1, -0.05) is 30.3 Å². The highest BCUT2D eigenvalue weighted by Gasteiger charge is 2.37. The first-order valence-electron chi connectivity index (χ1n) is 7.63. The van der Waals surface area contributed by atoms with Gasteiger partial charge in [0.05, 0.1) is 24.4 Å². The van der Waals surface area contributed by atoms with E-state index in [0.717, 1.165) is 18.4 Å². The zero-order valence-corrected chi connectivity index (χ0v) is 12.7. The molecule has 1 atom stereocenters. The van der Waals surface area contributed by atoms with Gasteiger partial charge in [0.1, 0.15) is 0 Å². The Balaban J connectivity index is 1.86. The quantitative estimate of drug-likeness (QED) is 0.885. The fourth-order valence-electron chi connectivity index (χ4n) is 2.80. The van der Waals surface area contributed by atoms with Crippen LogP contribution in [-0.2, 0) is 13.6 Å². The second kappa shape index (κ2) is 6.32. The zero-order chi connectivity index (χ0) is 15.5. The molecule has 2 aromatic rings. The van der Waals surface area contributed by atoms with Gasteiger partial charge in [-0.3, -0.25) is 9.48 Å². The number of hydrogen-bond donors (Lipinski definition) is 1. The molecule has 1 heterocycles. The van der Waals surface area contributed by atoms with Crippen LogP contribution in [0.2, 0.25) is 0 Å². The zero-order valence-electron chi connectivity index (χ0n) is 12.7. The summed E-state index contributed by atoms with van der Waals surface area (Å²) in [5.74, 6) is 0.345. The SMILES string of the molecule is Cn1cc(C(=O)N(Cc2ccccc2)C(CO)C2CC2)cn1. The van der Waals surface area contributed by atoms with Crippen molar-refractivity contribution in [3.8, 4) is 0 Å². The average Bonchev–Trinajstić information content (AvgIpc) is 3.28. The number of nitrogens with zero attached hydrogens (tertiary/aromatic N) is 3. The van der Waals surface area contributed by atoms with Crippen molar-refractivity contribution >= 4 is 5.91 Å². The molecule has 0 spiro atoms. The van der Waals surface area contributed by atoms with Gasteiger partial charge in [-0.25, -0.2) is 0 Å². The lowest BCUT2D eigenvalue weighted by Gasteiger charge is -2.30. The summed E-state index contributed by atoms with van der Waals surface area (Å²) in [5, 5.41) is 13.9. The Hall–Kier alpha value is -2.14. The van der Waals surface area contributed by atoms with E-state index >= 15 is 0 Å². The lowest BCUT2D eigenvalue weighted by atomic mass is 10.1. The Bertz CT molecular complexity index is 634. The predicted molar refractivity (Wildman–Crippen MR) is 83.1 cm³/mol. The van der Waals surface area contributed by atoms with E-state index in [1.54, 1.807) is 29.0 Å². The minimum Gasteiger partial charge on any atom is -0.394 e. The van der Waals surface area contributed by atoms with Gasteiger partial charge < -0.3 is 10.0 Å². The van der Waals surface area contributed by atoms with Gasteiger partial charge in [0, 0.05) is 19.8 Å². The third-order valence-corrected chi connectivity index (χ3v) is 4.16. The number of aliphatic hydroxyl groups is 1. The fraction of sp³-hybridized carbons (Fsp3) is 0.412. The van der Waals surface area contributed by atoms with E-state index < -0.39 is 0 Å². The molecule has 0 aliphatic heterocycles. The summed E-state index contributed by atoms with van der Waals surface area (Å²) in [6, 6.07) is 9.78. The third kappa shape index (κ3) is 3.20. The molecule has 1 aliphatic carbocycles. The van der Waals surface area contributed by atoms with Crippen molar-refractivity contribution in [1.82, 2.24) is 14.7 Å². The smallest absolute Gasteiger partial charge is 0.257 e. The Morgan fingerprint density at radius 2 is 2.14 bits per heavy atom. The molecule has 1 aliphatic rings. The summed E-state index contributed by atoms with van der Waals surface area (Å²) in [6.45, 7) is 0.514. The monoisotopic (exact) mass is 299 g/mol. The highest BCUT2D eigenvalue weighted by molar-refractivity contribution is 5.94. The molecule has 1 amide bonds. The van der Waals surface area contributed by atoms with Crippen LogP contribution in [0, 0.1) is 5.92 Å². The topological polar surface area (TPSA) is 58.4 Å². The standard InChI is InChI=1S/C17H21N3O2/c1-19-11-15(9-18-19)17(22)20(16(12-21)14-7-8-14)10-13-5-3-2-4-6-13/h2-6,9,11,14,16,21H,7-8,10,12H2,1H3. The number of amides is 1. The lowest BCUT2D eigenvalue weighted by molar-refractivity contribution is 0.0531. The van der Waals surface area contributed by atoms with Crippen molar-refractivity contribution in [3.63, 3.8) is 0 Å². The summed E-state index contributed by atoms with van der Waals surface area (Å²) >= 11 is 0. The molecule has 5 heteroatoms. The van der Waals surface area contributed by atoms with Gasteiger partial charge in [0.25, 0.3) is 5.91 Å². The van der Waals surface area contributed by atoms with E-state index in [2.05, 4.69) is 5.10 Å². The van der Waals surface area contributed by atoms with Gasteiger partial charge in [-0.2, -0.15) is 5.10 Å². The average molecular weight is 299 g/mol. The molecule has 22 heavy (non-hydrogen) atoms. The van der Waals surface area contributed by atoms with Crippen LogP contribution in [0.25, 0.3) is 0 Å². The molecule has 1 unspecified atom stereocenters. The molecule has 0 bridgehead atoms. The molecule has 1 aromatic carbocycles. The minimum atomic E-state index is -0.118. The number of carbonyl (C=O) groups excluding carboxylic acids is 1. The summed E-state index contributed by atoms with van der Waals surface area (Å²) in [6.07, 6.45) is 5.47. The van der Waals surface area contributed by atoms with Crippen LogP contribution in [0.4, 0.5) is 0 Å². The first-order chi connectivity index (χ1) is 10.7. The summed E-state index contributed by atoms with van der Waals surface area (Å²) in [7, 11) is 1.79. The molecule has 1 saturated carbocycles. The summed E-state index contributed by atoms with van der Waals surface area (Å²) in [5.41, 5.74) is 1.64. The largest absolute Gasteiger partial charge is 0.394 e. The van der Waals surface area contributed by atoms with E-state index in [1.165, 1.54) is 0 Å². The maximum Gasteiger partial charge on any atom is 0.257 e. The molecule has 0 saturated heterocycles. The van der Waals surface area contributed by atoms with Gasteiger partial charge >= 0.3 is 0 Å². The first-order valence-corrected chi connectivity index (χ1v) is 7.63. The van der Waals surface area contributed by atoms with E-state index in [4.69, 9.17) is 0 Å². The molecular weight excluding hydrogens is 278 g/mol. The van der Waals surface area contributed by atoms with Gasteiger partial charge in [-0.05, 0) is 24.3 Å². The molecule has 5 nitrogen and oxygen atoms in total. The van der Waals surface area contributed by atoms with Crippen LogP contribution >= 0.6 is 0 Å². The van der Waals surface area contributed by atoms with Crippen molar-refractivity contribution in [2.24, 2.45) is 13.0 Å². The van der Waals surface area contributed by atoms with Crippen molar-refractivity contribution < 1.29 is 9.90 Å². The molecule has 1 fully saturated rings. The highest BCUT2D eigenvalue weighted by atomic mass is 16.3. The van der Waals surface area contributed by atoms with Gasteiger partial charge in [0.15, 0.2) is 0 Å². The van der Waals surface area contributed by atoms with Gasteiger partial charge in [-0.15, -0.1) is 0 Å².